The van der Waals surface area contributed by atoms with Crippen molar-refractivity contribution in [3.05, 3.63) is 29.6 Å². The number of carbonyl (C=O) groups is 1. The van der Waals surface area contributed by atoms with Crippen molar-refractivity contribution in [2.24, 2.45) is 0 Å². The molecule has 2 aromatic heterocycles. The molecular weight excluding hydrogens is 338 g/mol. The fourth-order valence-electron chi connectivity index (χ4n) is 3.03. The van der Waals surface area contributed by atoms with Gasteiger partial charge in [0.05, 0.1) is 22.6 Å². The highest BCUT2D eigenvalue weighted by Crippen LogP contribution is 2.41. The van der Waals surface area contributed by atoms with E-state index >= 15 is 0 Å². The molecule has 25 heavy (non-hydrogen) atoms. The maximum atomic E-state index is 12.3. The van der Waals surface area contributed by atoms with Crippen molar-refractivity contribution in [1.29, 1.82) is 0 Å². The summed E-state index contributed by atoms with van der Waals surface area (Å²) >= 11 is 1.30. The average molecular weight is 357 g/mol. The van der Waals surface area contributed by atoms with Gasteiger partial charge >= 0.3 is 0 Å². The topological polar surface area (TPSA) is 111 Å². The lowest BCUT2D eigenvalue weighted by Crippen LogP contribution is -2.19. The summed E-state index contributed by atoms with van der Waals surface area (Å²) in [6.07, 6.45) is 2.19. The molecule has 0 bridgehead atoms. The summed E-state index contributed by atoms with van der Waals surface area (Å²) < 4.78 is 2.20. The highest BCUT2D eigenvalue weighted by molar-refractivity contribution is 7.18. The highest BCUT2D eigenvalue weighted by atomic mass is 32.1. The lowest BCUT2D eigenvalue weighted by atomic mass is 10.1. The SMILES string of the molecule is CNC(=O)c1cccc2nc(C(C)Nc3nnc(N)s3)n(C3CC3)c12. The van der Waals surface area contributed by atoms with Crippen LogP contribution in [-0.4, -0.2) is 32.7 Å². The summed E-state index contributed by atoms with van der Waals surface area (Å²) in [6.45, 7) is 2.03. The largest absolute Gasteiger partial charge is 0.374 e. The van der Waals surface area contributed by atoms with E-state index in [4.69, 9.17) is 10.7 Å². The molecule has 130 valence electrons. The second-order valence-corrected chi connectivity index (χ2v) is 7.14. The van der Waals surface area contributed by atoms with Gasteiger partial charge in [-0.3, -0.25) is 4.79 Å². The number of nitrogens with zero attached hydrogens (tertiary/aromatic N) is 4. The zero-order chi connectivity index (χ0) is 17.6. The first kappa shape index (κ1) is 15.8. The van der Waals surface area contributed by atoms with Crippen LogP contribution in [0.25, 0.3) is 11.0 Å². The van der Waals surface area contributed by atoms with Gasteiger partial charge < -0.3 is 20.9 Å². The second-order valence-electron chi connectivity index (χ2n) is 6.14. The number of imidazole rings is 1. The third kappa shape index (κ3) is 2.80. The third-order valence-electron chi connectivity index (χ3n) is 4.29. The van der Waals surface area contributed by atoms with Gasteiger partial charge in [0.2, 0.25) is 10.3 Å². The first-order valence-corrected chi connectivity index (χ1v) is 8.98. The highest BCUT2D eigenvalue weighted by Gasteiger charge is 2.31. The van der Waals surface area contributed by atoms with Gasteiger partial charge in [-0.05, 0) is 31.9 Å². The molecule has 1 amide bonds. The first-order valence-electron chi connectivity index (χ1n) is 8.17. The maximum Gasteiger partial charge on any atom is 0.253 e. The Bertz CT molecular complexity index is 943. The first-order chi connectivity index (χ1) is 12.1. The predicted octanol–water partition coefficient (Wildman–Crippen LogP) is 2.34. The van der Waals surface area contributed by atoms with Crippen molar-refractivity contribution in [3.8, 4) is 0 Å². The number of nitrogens with one attached hydrogen (secondary N) is 2. The number of para-hydroxylation sites is 1. The smallest absolute Gasteiger partial charge is 0.253 e. The molecule has 1 aliphatic rings. The summed E-state index contributed by atoms with van der Waals surface area (Å²) in [6, 6.07) is 5.95. The number of amides is 1. The molecule has 4 N–H and O–H groups in total. The number of carbonyl (C=O) groups excluding carboxylic acids is 1. The summed E-state index contributed by atoms with van der Waals surface area (Å²) in [5, 5.41) is 14.9. The van der Waals surface area contributed by atoms with Crippen LogP contribution in [0.15, 0.2) is 18.2 Å². The molecule has 1 atom stereocenters. The van der Waals surface area contributed by atoms with Crippen LogP contribution >= 0.6 is 11.3 Å². The predicted molar refractivity (Wildman–Crippen MR) is 97.8 cm³/mol. The zero-order valence-electron chi connectivity index (χ0n) is 14.0. The van der Waals surface area contributed by atoms with Crippen LogP contribution in [0.1, 0.15) is 48.0 Å². The standard InChI is InChI=1S/C16H19N7OS/c1-8(19-16-22-21-15(17)25-16)13-20-11-5-3-4-10(14(24)18-2)12(11)23(13)9-6-7-9/h3-5,8-9H,6-7H2,1-2H3,(H2,17,21)(H,18,24)(H,19,22). The van der Waals surface area contributed by atoms with Gasteiger partial charge in [-0.15, -0.1) is 10.2 Å². The molecule has 0 spiro atoms. The third-order valence-corrected chi connectivity index (χ3v) is 4.97. The Morgan fingerprint density at radius 1 is 1.40 bits per heavy atom. The minimum atomic E-state index is -0.101. The minimum Gasteiger partial charge on any atom is -0.374 e. The average Bonchev–Trinajstić information content (AvgIpc) is 3.25. The van der Waals surface area contributed by atoms with E-state index in [0.29, 0.717) is 21.9 Å². The number of hydrogen-bond donors (Lipinski definition) is 3. The van der Waals surface area contributed by atoms with Crippen LogP contribution in [0.4, 0.5) is 10.3 Å². The molecule has 1 aliphatic carbocycles. The maximum absolute atomic E-state index is 12.3. The molecule has 0 saturated heterocycles. The van der Waals surface area contributed by atoms with Crippen LogP contribution in [0, 0.1) is 0 Å². The van der Waals surface area contributed by atoms with Gasteiger partial charge in [-0.25, -0.2) is 4.98 Å². The van der Waals surface area contributed by atoms with Gasteiger partial charge in [-0.1, -0.05) is 17.4 Å². The summed E-state index contributed by atoms with van der Waals surface area (Å²) in [7, 11) is 1.64. The van der Waals surface area contributed by atoms with E-state index in [1.807, 2.05) is 25.1 Å². The second kappa shape index (κ2) is 5.99. The Hall–Kier alpha value is -2.68. The Morgan fingerprint density at radius 3 is 2.84 bits per heavy atom. The van der Waals surface area contributed by atoms with E-state index in [0.717, 1.165) is 29.7 Å². The lowest BCUT2D eigenvalue weighted by Gasteiger charge is -2.15. The molecule has 1 unspecified atom stereocenters. The lowest BCUT2D eigenvalue weighted by molar-refractivity contribution is 0.0964. The molecule has 1 aromatic carbocycles. The van der Waals surface area contributed by atoms with Crippen molar-refractivity contribution >= 4 is 38.5 Å². The molecule has 1 fully saturated rings. The summed E-state index contributed by atoms with van der Waals surface area (Å²) in [4.78, 5) is 17.1. The van der Waals surface area contributed by atoms with E-state index in [2.05, 4.69) is 25.4 Å². The fourth-order valence-corrected chi connectivity index (χ4v) is 3.63. The van der Waals surface area contributed by atoms with Gasteiger partial charge in [0.1, 0.15) is 5.82 Å². The normalized spacial score (nSPS) is 15.3. The van der Waals surface area contributed by atoms with E-state index < -0.39 is 0 Å². The number of nitrogen functional groups attached to an aromatic ring is 1. The molecule has 9 heteroatoms. The van der Waals surface area contributed by atoms with Crippen molar-refractivity contribution in [2.45, 2.75) is 31.8 Å². The Kier molecular flexibility index (Phi) is 3.79. The monoisotopic (exact) mass is 357 g/mol. The summed E-state index contributed by atoms with van der Waals surface area (Å²) in [5.74, 6) is 0.791. The molecule has 0 aliphatic heterocycles. The molecule has 4 rings (SSSR count). The fraction of sp³-hybridized carbons (Fsp3) is 0.375. The van der Waals surface area contributed by atoms with E-state index in [-0.39, 0.29) is 11.9 Å². The summed E-state index contributed by atoms with van der Waals surface area (Å²) in [5.41, 5.74) is 8.02. The minimum absolute atomic E-state index is 0.0853. The van der Waals surface area contributed by atoms with Gasteiger partial charge in [0.15, 0.2) is 0 Å². The molecule has 3 aromatic rings. The van der Waals surface area contributed by atoms with Crippen LogP contribution in [0.2, 0.25) is 0 Å². The van der Waals surface area contributed by atoms with Crippen molar-refractivity contribution in [1.82, 2.24) is 25.1 Å². The number of aromatic nitrogens is 4. The number of nitrogens with two attached hydrogens (primary N) is 1. The van der Waals surface area contributed by atoms with Crippen LogP contribution < -0.4 is 16.4 Å². The van der Waals surface area contributed by atoms with Crippen LogP contribution in [-0.2, 0) is 0 Å². The Balaban J connectivity index is 1.81. The quantitative estimate of drug-likeness (QED) is 0.646. The number of anilines is 2. The number of rotatable bonds is 5. The van der Waals surface area contributed by atoms with E-state index in [9.17, 15) is 4.79 Å². The van der Waals surface area contributed by atoms with E-state index in [1.165, 1.54) is 11.3 Å². The molecule has 0 radical (unpaired) electrons. The van der Waals surface area contributed by atoms with Crippen molar-refractivity contribution < 1.29 is 4.79 Å². The molecule has 1 saturated carbocycles. The van der Waals surface area contributed by atoms with Crippen LogP contribution in [0.3, 0.4) is 0 Å². The number of benzene rings is 1. The van der Waals surface area contributed by atoms with Crippen LogP contribution in [0.5, 0.6) is 0 Å². The zero-order valence-corrected chi connectivity index (χ0v) is 14.8. The Morgan fingerprint density at radius 2 is 2.20 bits per heavy atom. The van der Waals surface area contributed by atoms with Gasteiger partial charge in [0.25, 0.3) is 5.91 Å². The molecular formula is C16H19N7OS. The van der Waals surface area contributed by atoms with Crippen molar-refractivity contribution in [3.63, 3.8) is 0 Å². The van der Waals surface area contributed by atoms with Gasteiger partial charge in [0, 0.05) is 13.1 Å². The number of fused-ring (bicyclic) bond motifs is 1. The molecule has 2 heterocycles. The van der Waals surface area contributed by atoms with Crippen molar-refractivity contribution in [2.75, 3.05) is 18.1 Å². The molecule has 8 nitrogen and oxygen atoms in total. The Labute approximate surface area is 148 Å². The van der Waals surface area contributed by atoms with E-state index in [1.54, 1.807) is 7.05 Å². The van der Waals surface area contributed by atoms with Gasteiger partial charge in [-0.2, -0.15) is 0 Å². The number of hydrogen-bond acceptors (Lipinski definition) is 7.